The van der Waals surface area contributed by atoms with E-state index in [0.717, 1.165) is 11.1 Å². The molecule has 0 aromatic heterocycles. The second-order valence-electron chi connectivity index (χ2n) is 6.40. The molecule has 118 valence electrons. The molecular weight excluding hydrogens is 304 g/mol. The number of fused-ring (bicyclic) bond motifs is 6. The molecule has 0 unspecified atom stereocenters. The molecule has 0 bridgehead atoms. The van der Waals surface area contributed by atoms with Crippen LogP contribution in [0.4, 0.5) is 0 Å². The number of hydrogen-bond acceptors (Lipinski definition) is 1. The molecule has 0 aliphatic rings. The maximum absolute atomic E-state index is 9.80. The van der Waals surface area contributed by atoms with Crippen LogP contribution in [-0.2, 0) is 0 Å². The fraction of sp³-hybridized carbons (Fsp3) is 0. The number of rotatable bonds is 1. The largest absolute Gasteiger partial charge is 0.508 e. The molecule has 1 nitrogen and oxygen atoms in total. The summed E-state index contributed by atoms with van der Waals surface area (Å²) in [5.74, 6) is 0.293. The van der Waals surface area contributed by atoms with E-state index in [1.807, 2.05) is 18.2 Å². The van der Waals surface area contributed by atoms with Crippen LogP contribution in [0.3, 0.4) is 0 Å². The van der Waals surface area contributed by atoms with Gasteiger partial charge in [0.1, 0.15) is 5.75 Å². The summed E-state index contributed by atoms with van der Waals surface area (Å²) in [5, 5.41) is 17.4. The molecule has 0 heterocycles. The third-order valence-electron chi connectivity index (χ3n) is 4.92. The molecule has 0 amide bonds. The Labute approximate surface area is 145 Å². The summed E-state index contributed by atoms with van der Waals surface area (Å²) in [4.78, 5) is 0. The SMILES string of the molecule is Oc1cccc(-c2ccc3c4ccccc4c4ccccc4c3c2)c1. The minimum Gasteiger partial charge on any atom is -0.508 e. The van der Waals surface area contributed by atoms with Gasteiger partial charge in [0, 0.05) is 0 Å². The Balaban J connectivity index is 1.93. The molecule has 1 heteroatoms. The van der Waals surface area contributed by atoms with Crippen LogP contribution in [-0.4, -0.2) is 5.11 Å². The molecule has 0 saturated carbocycles. The zero-order valence-electron chi connectivity index (χ0n) is 13.6. The first-order valence-corrected chi connectivity index (χ1v) is 8.44. The van der Waals surface area contributed by atoms with Crippen molar-refractivity contribution in [2.45, 2.75) is 0 Å². The van der Waals surface area contributed by atoms with Crippen molar-refractivity contribution in [1.29, 1.82) is 0 Å². The highest BCUT2D eigenvalue weighted by molar-refractivity contribution is 6.25. The highest BCUT2D eigenvalue weighted by Gasteiger charge is 2.09. The molecule has 0 atom stereocenters. The first-order valence-electron chi connectivity index (χ1n) is 8.44. The minimum absolute atomic E-state index is 0.293. The van der Waals surface area contributed by atoms with Crippen molar-refractivity contribution in [1.82, 2.24) is 0 Å². The van der Waals surface area contributed by atoms with E-state index in [1.54, 1.807) is 6.07 Å². The predicted octanol–water partition coefficient (Wildman–Crippen LogP) is 6.52. The standard InChI is InChI=1S/C24H16O/c25-18-7-5-6-16(14-18)17-12-13-23-21-10-2-1-8-19(21)20-9-3-4-11-22(20)24(23)15-17/h1-15,25H. The molecule has 5 aromatic rings. The van der Waals surface area contributed by atoms with E-state index in [4.69, 9.17) is 0 Å². The van der Waals surface area contributed by atoms with E-state index in [2.05, 4.69) is 66.7 Å². The van der Waals surface area contributed by atoms with Crippen molar-refractivity contribution in [3.63, 3.8) is 0 Å². The van der Waals surface area contributed by atoms with Crippen LogP contribution < -0.4 is 0 Å². The zero-order chi connectivity index (χ0) is 16.8. The molecule has 0 saturated heterocycles. The van der Waals surface area contributed by atoms with Crippen LogP contribution in [0.15, 0.2) is 91.0 Å². The summed E-state index contributed by atoms with van der Waals surface area (Å²) in [6.07, 6.45) is 0. The van der Waals surface area contributed by atoms with Crippen molar-refractivity contribution < 1.29 is 5.11 Å². The minimum atomic E-state index is 0.293. The molecule has 5 aromatic carbocycles. The fourth-order valence-electron chi connectivity index (χ4n) is 3.77. The maximum Gasteiger partial charge on any atom is 0.116 e. The molecule has 1 N–H and O–H groups in total. The number of aromatic hydroxyl groups is 1. The Morgan fingerprint density at radius 1 is 0.400 bits per heavy atom. The van der Waals surface area contributed by atoms with Gasteiger partial charge < -0.3 is 5.11 Å². The molecule has 0 aliphatic heterocycles. The predicted molar refractivity (Wildman–Crippen MR) is 106 cm³/mol. The second kappa shape index (κ2) is 5.35. The molecule has 0 radical (unpaired) electrons. The highest BCUT2D eigenvalue weighted by Crippen LogP contribution is 2.37. The van der Waals surface area contributed by atoms with Gasteiger partial charge in [0.05, 0.1) is 0 Å². The Bertz CT molecular complexity index is 1220. The summed E-state index contributed by atoms with van der Waals surface area (Å²) >= 11 is 0. The van der Waals surface area contributed by atoms with Gasteiger partial charge in [0.15, 0.2) is 0 Å². The Hall–Kier alpha value is -3.32. The summed E-state index contributed by atoms with van der Waals surface area (Å²) in [7, 11) is 0. The zero-order valence-corrected chi connectivity index (χ0v) is 13.6. The quantitative estimate of drug-likeness (QED) is 0.349. The number of benzene rings is 5. The van der Waals surface area contributed by atoms with Crippen molar-refractivity contribution >= 4 is 32.3 Å². The molecular formula is C24H16O. The summed E-state index contributed by atoms with van der Waals surface area (Å²) < 4.78 is 0. The monoisotopic (exact) mass is 320 g/mol. The number of phenolic OH excluding ortho intramolecular Hbond substituents is 1. The van der Waals surface area contributed by atoms with E-state index in [-0.39, 0.29) is 0 Å². The molecule has 0 fully saturated rings. The lowest BCUT2D eigenvalue weighted by molar-refractivity contribution is 0.475. The summed E-state index contributed by atoms with van der Waals surface area (Å²) in [6.45, 7) is 0. The van der Waals surface area contributed by atoms with Crippen LogP contribution in [0, 0.1) is 0 Å². The molecule has 0 spiro atoms. The fourth-order valence-corrected chi connectivity index (χ4v) is 3.77. The molecule has 0 aliphatic carbocycles. The lowest BCUT2D eigenvalue weighted by Gasteiger charge is -2.12. The Morgan fingerprint density at radius 3 is 1.52 bits per heavy atom. The number of hydrogen-bond donors (Lipinski definition) is 1. The van der Waals surface area contributed by atoms with Crippen molar-refractivity contribution in [2.24, 2.45) is 0 Å². The molecule has 25 heavy (non-hydrogen) atoms. The van der Waals surface area contributed by atoms with Crippen molar-refractivity contribution in [2.75, 3.05) is 0 Å². The van der Waals surface area contributed by atoms with Gasteiger partial charge in [-0.05, 0) is 61.6 Å². The van der Waals surface area contributed by atoms with E-state index < -0.39 is 0 Å². The van der Waals surface area contributed by atoms with E-state index in [1.165, 1.54) is 32.3 Å². The van der Waals surface area contributed by atoms with Gasteiger partial charge in [-0.25, -0.2) is 0 Å². The number of phenols is 1. The van der Waals surface area contributed by atoms with Gasteiger partial charge in [-0.2, -0.15) is 0 Å². The van der Waals surface area contributed by atoms with Gasteiger partial charge in [-0.15, -0.1) is 0 Å². The highest BCUT2D eigenvalue weighted by atomic mass is 16.3. The average Bonchev–Trinajstić information content (AvgIpc) is 2.68. The van der Waals surface area contributed by atoms with E-state index in [9.17, 15) is 5.11 Å². The first kappa shape index (κ1) is 14.1. The van der Waals surface area contributed by atoms with E-state index in [0.29, 0.717) is 5.75 Å². The molecule has 5 rings (SSSR count). The summed E-state index contributed by atoms with van der Waals surface area (Å²) in [6, 6.07) is 31.2. The third-order valence-corrected chi connectivity index (χ3v) is 4.92. The van der Waals surface area contributed by atoms with Crippen LogP contribution in [0.25, 0.3) is 43.4 Å². The van der Waals surface area contributed by atoms with Crippen LogP contribution >= 0.6 is 0 Å². The Kier molecular flexibility index (Phi) is 3.01. The lowest BCUT2D eigenvalue weighted by Crippen LogP contribution is -1.84. The Morgan fingerprint density at radius 2 is 0.920 bits per heavy atom. The smallest absolute Gasteiger partial charge is 0.116 e. The van der Waals surface area contributed by atoms with Crippen LogP contribution in [0.2, 0.25) is 0 Å². The van der Waals surface area contributed by atoms with Gasteiger partial charge >= 0.3 is 0 Å². The third kappa shape index (κ3) is 2.17. The summed E-state index contributed by atoms with van der Waals surface area (Å²) in [5.41, 5.74) is 2.14. The van der Waals surface area contributed by atoms with Crippen molar-refractivity contribution in [3.8, 4) is 16.9 Å². The topological polar surface area (TPSA) is 20.2 Å². The van der Waals surface area contributed by atoms with Crippen LogP contribution in [0.1, 0.15) is 0 Å². The second-order valence-corrected chi connectivity index (χ2v) is 6.40. The van der Waals surface area contributed by atoms with Gasteiger partial charge in [-0.3, -0.25) is 0 Å². The normalized spacial score (nSPS) is 11.4. The maximum atomic E-state index is 9.80. The first-order chi connectivity index (χ1) is 12.3. The van der Waals surface area contributed by atoms with Gasteiger partial charge in [0.2, 0.25) is 0 Å². The van der Waals surface area contributed by atoms with Crippen LogP contribution in [0.5, 0.6) is 5.75 Å². The van der Waals surface area contributed by atoms with Crippen molar-refractivity contribution in [3.05, 3.63) is 91.0 Å². The van der Waals surface area contributed by atoms with Gasteiger partial charge in [-0.1, -0.05) is 72.8 Å². The lowest BCUT2D eigenvalue weighted by atomic mass is 9.92. The van der Waals surface area contributed by atoms with E-state index >= 15 is 0 Å². The average molecular weight is 320 g/mol. The van der Waals surface area contributed by atoms with Gasteiger partial charge in [0.25, 0.3) is 0 Å².